The number of fused-ring (bicyclic) bond motifs is 1. The summed E-state index contributed by atoms with van der Waals surface area (Å²) in [6, 6.07) is 10.6. The number of nitrogens with one attached hydrogen (secondary N) is 1. The lowest BCUT2D eigenvalue weighted by Gasteiger charge is -2.42. The molecule has 1 N–H and O–H groups in total. The number of halogens is 6. The van der Waals surface area contributed by atoms with E-state index in [1.54, 1.807) is 11.8 Å². The number of rotatable bonds is 7. The summed E-state index contributed by atoms with van der Waals surface area (Å²) in [6.45, 7) is 4.49. The Morgan fingerprint density at radius 1 is 1.05 bits per heavy atom. The number of ether oxygens (including phenoxy) is 1. The average Bonchev–Trinajstić information content (AvgIpc) is 3.31. The first kappa shape index (κ1) is 29.1. The van der Waals surface area contributed by atoms with Gasteiger partial charge < -0.3 is 19.9 Å². The van der Waals surface area contributed by atoms with Crippen molar-refractivity contribution in [2.75, 3.05) is 29.4 Å². The summed E-state index contributed by atoms with van der Waals surface area (Å²) in [6.07, 6.45) is -2.98. The standard InChI is InChI=1S/C29H27F6N5O2/c1-3-22-27(40-11-10-19(30)14-24(40)37-22)28(41)36-15-18-4-9-23(26(32)25(18)31)38-12-13-39(17(2)16-38)20-5-7-21(8-6-20)42-29(33,34)35/h4-11,14,17H,3,12-13,15-16H2,1-2H3,(H,36,41)/t17-/m0/s1. The smallest absolute Gasteiger partial charge is 0.406 e. The lowest BCUT2D eigenvalue weighted by molar-refractivity contribution is -0.274. The first-order valence-corrected chi connectivity index (χ1v) is 13.2. The highest BCUT2D eigenvalue weighted by Crippen LogP contribution is 2.30. The van der Waals surface area contributed by atoms with Crippen molar-refractivity contribution < 1.29 is 35.9 Å². The molecule has 0 saturated carbocycles. The molecule has 1 atom stereocenters. The van der Waals surface area contributed by atoms with E-state index < -0.39 is 29.7 Å². The van der Waals surface area contributed by atoms with E-state index in [9.17, 15) is 22.4 Å². The molecule has 1 saturated heterocycles. The van der Waals surface area contributed by atoms with E-state index in [1.807, 2.05) is 11.8 Å². The average molecular weight is 592 g/mol. The lowest BCUT2D eigenvalue weighted by atomic mass is 10.1. The van der Waals surface area contributed by atoms with Crippen molar-refractivity contribution in [2.45, 2.75) is 39.2 Å². The van der Waals surface area contributed by atoms with Crippen molar-refractivity contribution in [3.05, 3.63) is 89.1 Å². The number of nitrogens with zero attached hydrogens (tertiary/aromatic N) is 4. The van der Waals surface area contributed by atoms with Crippen LogP contribution in [0.25, 0.3) is 5.65 Å². The van der Waals surface area contributed by atoms with Crippen LogP contribution in [0.5, 0.6) is 5.75 Å². The number of carbonyl (C=O) groups excluding carboxylic acids is 1. The number of pyridine rings is 1. The van der Waals surface area contributed by atoms with Crippen LogP contribution in [0.1, 0.15) is 35.6 Å². The van der Waals surface area contributed by atoms with Gasteiger partial charge in [0.15, 0.2) is 11.6 Å². The summed E-state index contributed by atoms with van der Waals surface area (Å²) in [5.41, 5.74) is 1.60. The van der Waals surface area contributed by atoms with Gasteiger partial charge >= 0.3 is 6.36 Å². The van der Waals surface area contributed by atoms with Crippen molar-refractivity contribution in [1.29, 1.82) is 0 Å². The van der Waals surface area contributed by atoms with Crippen LogP contribution in [-0.4, -0.2) is 47.3 Å². The molecule has 0 radical (unpaired) electrons. The van der Waals surface area contributed by atoms with Gasteiger partial charge in [-0.15, -0.1) is 13.2 Å². The molecule has 1 aliphatic heterocycles. The molecular weight excluding hydrogens is 564 g/mol. The fourth-order valence-corrected chi connectivity index (χ4v) is 5.17. The van der Waals surface area contributed by atoms with Crippen molar-refractivity contribution >= 4 is 22.9 Å². The van der Waals surface area contributed by atoms with Crippen LogP contribution in [-0.2, 0) is 13.0 Å². The number of amides is 1. The summed E-state index contributed by atoms with van der Waals surface area (Å²) >= 11 is 0. The molecule has 1 aliphatic rings. The van der Waals surface area contributed by atoms with Crippen LogP contribution >= 0.6 is 0 Å². The van der Waals surface area contributed by atoms with Gasteiger partial charge in [0, 0.05) is 55.7 Å². The summed E-state index contributed by atoms with van der Waals surface area (Å²) in [5.74, 6) is -3.51. The van der Waals surface area contributed by atoms with Crippen molar-refractivity contribution in [2.24, 2.45) is 0 Å². The Morgan fingerprint density at radius 3 is 2.45 bits per heavy atom. The number of carbonyl (C=O) groups is 1. The highest BCUT2D eigenvalue weighted by Gasteiger charge is 2.32. The van der Waals surface area contributed by atoms with Gasteiger partial charge in [-0.05, 0) is 49.7 Å². The van der Waals surface area contributed by atoms with Crippen molar-refractivity contribution in [3.63, 3.8) is 0 Å². The molecule has 4 aromatic rings. The number of aryl methyl sites for hydroxylation is 1. The Labute approximate surface area is 237 Å². The minimum atomic E-state index is -4.78. The number of hydrogen-bond donors (Lipinski definition) is 1. The predicted molar refractivity (Wildman–Crippen MR) is 144 cm³/mol. The van der Waals surface area contributed by atoms with Crippen LogP contribution in [0.15, 0.2) is 54.7 Å². The lowest BCUT2D eigenvalue weighted by Crippen LogP contribution is -2.52. The van der Waals surface area contributed by atoms with Gasteiger partial charge in [0.2, 0.25) is 0 Å². The third kappa shape index (κ3) is 5.95. The van der Waals surface area contributed by atoms with Gasteiger partial charge in [-0.3, -0.25) is 9.20 Å². The van der Waals surface area contributed by atoms with Crippen LogP contribution in [0, 0.1) is 17.5 Å². The molecule has 1 amide bonds. The number of benzene rings is 2. The van der Waals surface area contributed by atoms with E-state index in [2.05, 4.69) is 15.0 Å². The van der Waals surface area contributed by atoms with E-state index in [-0.39, 0.29) is 40.9 Å². The Morgan fingerprint density at radius 2 is 1.79 bits per heavy atom. The number of anilines is 2. The highest BCUT2D eigenvalue weighted by molar-refractivity contribution is 5.94. The largest absolute Gasteiger partial charge is 0.573 e. The van der Waals surface area contributed by atoms with Crippen LogP contribution in [0.4, 0.5) is 37.7 Å². The highest BCUT2D eigenvalue weighted by atomic mass is 19.4. The second-order valence-electron chi connectivity index (χ2n) is 9.92. The summed E-state index contributed by atoms with van der Waals surface area (Å²) in [7, 11) is 0. The fraction of sp³-hybridized carbons (Fsp3) is 0.310. The van der Waals surface area contributed by atoms with Crippen LogP contribution in [0.3, 0.4) is 0 Å². The minimum Gasteiger partial charge on any atom is -0.406 e. The molecule has 0 unspecified atom stereocenters. The quantitative estimate of drug-likeness (QED) is 0.273. The molecule has 222 valence electrons. The second kappa shape index (κ2) is 11.5. The number of imidazole rings is 1. The topological polar surface area (TPSA) is 62.1 Å². The Bertz CT molecular complexity index is 1610. The maximum Gasteiger partial charge on any atom is 0.573 e. The van der Waals surface area contributed by atoms with E-state index in [0.717, 1.165) is 0 Å². The van der Waals surface area contributed by atoms with E-state index in [4.69, 9.17) is 0 Å². The summed E-state index contributed by atoms with van der Waals surface area (Å²) in [4.78, 5) is 20.9. The number of alkyl halides is 3. The van der Waals surface area contributed by atoms with Gasteiger partial charge in [0.25, 0.3) is 5.91 Å². The van der Waals surface area contributed by atoms with E-state index in [0.29, 0.717) is 37.4 Å². The minimum absolute atomic E-state index is 0.0460. The van der Waals surface area contributed by atoms with Gasteiger partial charge in [0.1, 0.15) is 22.9 Å². The third-order valence-electron chi connectivity index (χ3n) is 7.16. The number of aromatic nitrogens is 2. The van der Waals surface area contributed by atoms with Gasteiger partial charge in [0.05, 0.1) is 11.4 Å². The molecule has 0 bridgehead atoms. The van der Waals surface area contributed by atoms with E-state index >= 15 is 8.78 Å². The summed E-state index contributed by atoms with van der Waals surface area (Å²) in [5, 5.41) is 2.61. The monoisotopic (exact) mass is 591 g/mol. The molecule has 42 heavy (non-hydrogen) atoms. The molecule has 13 heteroatoms. The molecule has 2 aromatic heterocycles. The second-order valence-corrected chi connectivity index (χ2v) is 9.92. The van der Waals surface area contributed by atoms with Crippen molar-refractivity contribution in [1.82, 2.24) is 14.7 Å². The maximum absolute atomic E-state index is 15.2. The number of hydrogen-bond acceptors (Lipinski definition) is 5. The van der Waals surface area contributed by atoms with Gasteiger partial charge in [-0.25, -0.2) is 18.2 Å². The molecule has 2 aromatic carbocycles. The SMILES string of the molecule is CCc1nc2cc(F)ccn2c1C(=O)NCc1ccc(N2CCN(c3ccc(OC(F)(F)F)cc3)[C@@H](C)C2)c(F)c1F. The van der Waals surface area contributed by atoms with Crippen LogP contribution in [0.2, 0.25) is 0 Å². The van der Waals surface area contributed by atoms with Gasteiger partial charge in [-0.2, -0.15) is 0 Å². The Kier molecular flexibility index (Phi) is 7.93. The maximum atomic E-state index is 15.2. The van der Waals surface area contributed by atoms with Crippen molar-refractivity contribution in [3.8, 4) is 5.75 Å². The molecule has 3 heterocycles. The zero-order valence-electron chi connectivity index (χ0n) is 22.7. The summed E-state index contributed by atoms with van der Waals surface area (Å²) < 4.78 is 86.7. The molecule has 0 spiro atoms. The molecule has 5 rings (SSSR count). The zero-order valence-corrected chi connectivity index (χ0v) is 22.7. The third-order valence-corrected chi connectivity index (χ3v) is 7.16. The molecule has 7 nitrogen and oxygen atoms in total. The van der Waals surface area contributed by atoms with Crippen LogP contribution < -0.4 is 19.9 Å². The van der Waals surface area contributed by atoms with Gasteiger partial charge in [-0.1, -0.05) is 13.0 Å². The van der Waals surface area contributed by atoms with E-state index in [1.165, 1.54) is 59.1 Å². The molecule has 1 fully saturated rings. The normalized spacial score (nSPS) is 15.8. The first-order chi connectivity index (χ1) is 19.9. The predicted octanol–water partition coefficient (Wildman–Crippen LogP) is 5.86. The molecule has 0 aliphatic carbocycles. The zero-order chi connectivity index (χ0) is 30.2. The Balaban J connectivity index is 1.25. The number of piperazine rings is 1. The fourth-order valence-electron chi connectivity index (χ4n) is 5.17. The first-order valence-electron chi connectivity index (χ1n) is 13.2. The Hall–Kier alpha value is -4.42. The molecular formula is C29H27F6N5O2.